The summed E-state index contributed by atoms with van der Waals surface area (Å²) in [5.74, 6) is 0.0246. The summed E-state index contributed by atoms with van der Waals surface area (Å²) >= 11 is 13.0. The van der Waals surface area contributed by atoms with E-state index in [2.05, 4.69) is 26.2 Å². The molecule has 2 N–H and O–H groups in total. The minimum Gasteiger partial charge on any atom is -0.372 e. The van der Waals surface area contributed by atoms with E-state index in [9.17, 15) is 4.79 Å². The molecule has 0 unspecified atom stereocenters. The minimum atomic E-state index is 0.0246. The van der Waals surface area contributed by atoms with Crippen LogP contribution >= 0.6 is 23.2 Å². The van der Waals surface area contributed by atoms with Gasteiger partial charge in [0.1, 0.15) is 6.54 Å². The molecule has 4 rings (SSSR count). The number of halogens is 2. The highest BCUT2D eigenvalue weighted by molar-refractivity contribution is 6.46. The lowest BCUT2D eigenvalue weighted by molar-refractivity contribution is -0.130. The molecule has 0 atom stereocenters. The second-order valence-corrected chi connectivity index (χ2v) is 7.14. The Hall–Kier alpha value is -2.69. The molecular weight excluding hydrogens is 387 g/mol. The molecule has 1 aromatic carbocycles. The topological polar surface area (TPSA) is 89.7 Å². The molecule has 7 nitrogen and oxygen atoms in total. The van der Waals surface area contributed by atoms with Crippen LogP contribution in [0, 0.1) is 11.3 Å². The van der Waals surface area contributed by atoms with Crippen molar-refractivity contribution in [3.05, 3.63) is 34.2 Å². The van der Waals surface area contributed by atoms with E-state index in [4.69, 9.17) is 28.5 Å². The van der Waals surface area contributed by atoms with Gasteiger partial charge in [-0.25, -0.2) is 0 Å². The van der Waals surface area contributed by atoms with E-state index in [0.29, 0.717) is 29.7 Å². The zero-order chi connectivity index (χ0) is 19.1. The molecule has 138 valence electrons. The van der Waals surface area contributed by atoms with Crippen LogP contribution in [0.3, 0.4) is 0 Å². The van der Waals surface area contributed by atoms with Crippen LogP contribution in [0.1, 0.15) is 12.6 Å². The van der Waals surface area contributed by atoms with E-state index < -0.39 is 0 Å². The summed E-state index contributed by atoms with van der Waals surface area (Å²) < 4.78 is 2.11. The molecule has 27 heavy (non-hydrogen) atoms. The Morgan fingerprint density at radius 2 is 2.26 bits per heavy atom. The summed E-state index contributed by atoms with van der Waals surface area (Å²) in [6.45, 7) is 3.38. The second-order valence-electron chi connectivity index (χ2n) is 6.36. The van der Waals surface area contributed by atoms with Crippen LogP contribution in [-0.2, 0) is 17.9 Å². The number of fused-ring (bicyclic) bond motifs is 3. The number of carbonyl (C=O) groups excluding carboxylic acids is 1. The van der Waals surface area contributed by atoms with Crippen LogP contribution in [0.15, 0.2) is 18.5 Å². The number of hydrogen-bond donors (Lipinski definition) is 2. The number of nitrogens with one attached hydrogen (secondary N) is 2. The Labute approximate surface area is 165 Å². The number of aromatic nitrogens is 3. The van der Waals surface area contributed by atoms with Gasteiger partial charge >= 0.3 is 0 Å². The van der Waals surface area contributed by atoms with Crippen molar-refractivity contribution < 1.29 is 4.79 Å². The van der Waals surface area contributed by atoms with Gasteiger partial charge < -0.3 is 14.8 Å². The Morgan fingerprint density at radius 3 is 2.93 bits per heavy atom. The summed E-state index contributed by atoms with van der Waals surface area (Å²) in [6, 6.07) is 3.83. The number of nitriles is 1. The maximum Gasteiger partial charge on any atom is 0.219 e. The summed E-state index contributed by atoms with van der Waals surface area (Å²) in [7, 11) is 0. The number of rotatable bonds is 3. The monoisotopic (exact) mass is 402 g/mol. The first kappa shape index (κ1) is 17.7. The summed E-state index contributed by atoms with van der Waals surface area (Å²) in [4.78, 5) is 13.8. The zero-order valence-corrected chi connectivity index (χ0v) is 16.0. The maximum atomic E-state index is 12.0. The second kappa shape index (κ2) is 6.80. The number of nitrogens with zero attached hydrogens (tertiary/aromatic N) is 4. The van der Waals surface area contributed by atoms with Crippen LogP contribution in [-0.4, -0.2) is 38.7 Å². The van der Waals surface area contributed by atoms with Crippen LogP contribution in [0.5, 0.6) is 0 Å². The van der Waals surface area contributed by atoms with Crippen molar-refractivity contribution in [2.75, 3.05) is 18.4 Å². The lowest BCUT2D eigenvalue weighted by atomic mass is 10.0. The summed E-state index contributed by atoms with van der Waals surface area (Å²) in [5.41, 5.74) is 4.32. The normalized spacial score (nSPS) is 13.5. The van der Waals surface area contributed by atoms with Crippen molar-refractivity contribution in [1.29, 1.82) is 5.26 Å². The van der Waals surface area contributed by atoms with Crippen molar-refractivity contribution in [3.63, 3.8) is 0 Å². The predicted molar refractivity (Wildman–Crippen MR) is 105 cm³/mol. The Kier molecular flexibility index (Phi) is 4.46. The molecule has 0 spiro atoms. The standard InChI is InChI=1S/C18H16Cl2N6O/c1-10(27)25-4-5-26-14(9-25)15(11-7-23-24-8-11)16-13(22-3-2-21)6-12(19)17(20)18(16)26/h6-8,22H,3-5,9H2,1H3,(H,23,24). The van der Waals surface area contributed by atoms with Gasteiger partial charge in [-0.3, -0.25) is 9.89 Å². The number of benzene rings is 1. The molecule has 0 saturated heterocycles. The molecule has 1 aliphatic rings. The quantitative estimate of drug-likeness (QED) is 0.654. The van der Waals surface area contributed by atoms with E-state index in [1.807, 2.05) is 0 Å². The number of carbonyl (C=O) groups is 1. The first-order valence-corrected chi connectivity index (χ1v) is 9.17. The van der Waals surface area contributed by atoms with E-state index in [0.717, 1.165) is 33.4 Å². The maximum absolute atomic E-state index is 12.0. The van der Waals surface area contributed by atoms with Crippen LogP contribution in [0.25, 0.3) is 22.0 Å². The van der Waals surface area contributed by atoms with Gasteiger partial charge in [0, 0.05) is 54.1 Å². The van der Waals surface area contributed by atoms with Crippen molar-refractivity contribution in [3.8, 4) is 17.2 Å². The zero-order valence-electron chi connectivity index (χ0n) is 14.5. The molecule has 0 saturated carbocycles. The van der Waals surface area contributed by atoms with Crippen LogP contribution < -0.4 is 5.32 Å². The third-order valence-electron chi connectivity index (χ3n) is 4.85. The van der Waals surface area contributed by atoms with Crippen molar-refractivity contribution in [1.82, 2.24) is 19.7 Å². The fourth-order valence-corrected chi connectivity index (χ4v) is 4.12. The number of aromatic amines is 1. The van der Waals surface area contributed by atoms with E-state index >= 15 is 0 Å². The lowest BCUT2D eigenvalue weighted by Gasteiger charge is -2.29. The molecule has 3 heterocycles. The van der Waals surface area contributed by atoms with Gasteiger partial charge in [-0.05, 0) is 6.07 Å². The molecule has 0 bridgehead atoms. The number of H-pyrrole nitrogens is 1. The highest BCUT2D eigenvalue weighted by Crippen LogP contribution is 2.46. The van der Waals surface area contributed by atoms with Gasteiger partial charge in [-0.15, -0.1) is 0 Å². The molecule has 1 amide bonds. The summed E-state index contributed by atoms with van der Waals surface area (Å²) in [6.07, 6.45) is 3.54. The largest absolute Gasteiger partial charge is 0.372 e. The average molecular weight is 403 g/mol. The smallest absolute Gasteiger partial charge is 0.219 e. The minimum absolute atomic E-state index is 0.0246. The third-order valence-corrected chi connectivity index (χ3v) is 5.63. The van der Waals surface area contributed by atoms with Crippen LogP contribution in [0.2, 0.25) is 10.0 Å². The van der Waals surface area contributed by atoms with Gasteiger partial charge in [-0.2, -0.15) is 10.4 Å². The summed E-state index contributed by atoms with van der Waals surface area (Å²) in [5, 5.41) is 20.8. The van der Waals surface area contributed by atoms with Gasteiger partial charge in [0.25, 0.3) is 0 Å². The SMILES string of the molecule is CC(=O)N1CCn2c(c(-c3cn[nH]c3)c3c(NCC#N)cc(Cl)c(Cl)c32)C1. The molecular formula is C18H16Cl2N6O. The molecule has 2 aromatic heterocycles. The van der Waals surface area contributed by atoms with E-state index in [1.54, 1.807) is 30.3 Å². The third kappa shape index (κ3) is 2.82. The van der Waals surface area contributed by atoms with Gasteiger partial charge in [0.2, 0.25) is 5.91 Å². The Bertz CT molecular complexity index is 1080. The first-order valence-electron chi connectivity index (χ1n) is 8.41. The molecule has 0 fully saturated rings. The van der Waals surface area contributed by atoms with E-state index in [1.165, 1.54) is 0 Å². The number of hydrogen-bond acceptors (Lipinski definition) is 4. The highest BCUT2D eigenvalue weighted by Gasteiger charge is 2.29. The average Bonchev–Trinajstić information content (AvgIpc) is 3.28. The van der Waals surface area contributed by atoms with Gasteiger partial charge in [0.05, 0.1) is 34.4 Å². The Balaban J connectivity index is 2.07. The predicted octanol–water partition coefficient (Wildman–Crippen LogP) is 3.64. The molecule has 3 aromatic rings. The first-order chi connectivity index (χ1) is 13.0. The van der Waals surface area contributed by atoms with Crippen molar-refractivity contribution >= 4 is 45.7 Å². The molecule has 0 aliphatic carbocycles. The van der Waals surface area contributed by atoms with Gasteiger partial charge in [-0.1, -0.05) is 23.2 Å². The highest BCUT2D eigenvalue weighted by atomic mass is 35.5. The Morgan fingerprint density at radius 1 is 1.44 bits per heavy atom. The fourth-order valence-electron chi connectivity index (χ4n) is 3.67. The van der Waals surface area contributed by atoms with Crippen molar-refractivity contribution in [2.24, 2.45) is 0 Å². The number of anilines is 1. The lowest BCUT2D eigenvalue weighted by Crippen LogP contribution is -2.36. The van der Waals surface area contributed by atoms with Crippen LogP contribution in [0.4, 0.5) is 5.69 Å². The van der Waals surface area contributed by atoms with E-state index in [-0.39, 0.29) is 12.5 Å². The fraction of sp³-hybridized carbons (Fsp3) is 0.278. The molecule has 1 aliphatic heterocycles. The molecule has 9 heteroatoms. The van der Waals surface area contributed by atoms with Crippen molar-refractivity contribution in [2.45, 2.75) is 20.0 Å². The number of amides is 1. The van der Waals surface area contributed by atoms with Gasteiger partial charge in [0.15, 0.2) is 0 Å². The molecule has 0 radical (unpaired) electrons.